The molecule has 1 saturated carbocycles. The van der Waals surface area contributed by atoms with Crippen LogP contribution in [0.15, 0.2) is 24.9 Å². The molecule has 96 valence electrons. The van der Waals surface area contributed by atoms with Crippen LogP contribution in [0.2, 0.25) is 0 Å². The number of rotatable bonds is 3. The molecule has 1 N–H and O–H groups in total. The second-order valence-electron chi connectivity index (χ2n) is 6.13. The summed E-state index contributed by atoms with van der Waals surface area (Å²) in [6.07, 6.45) is 5.89. The predicted octanol–water partition coefficient (Wildman–Crippen LogP) is 3.65. The highest BCUT2D eigenvalue weighted by Crippen LogP contribution is 2.39. The van der Waals surface area contributed by atoms with E-state index in [9.17, 15) is 4.79 Å². The van der Waals surface area contributed by atoms with Crippen LogP contribution in [-0.4, -0.2) is 5.91 Å². The predicted molar refractivity (Wildman–Crippen MR) is 72.4 cm³/mol. The molecule has 0 saturated heterocycles. The molecule has 2 heteroatoms. The average molecular weight is 235 g/mol. The van der Waals surface area contributed by atoms with E-state index < -0.39 is 0 Å². The molecule has 0 spiro atoms. The van der Waals surface area contributed by atoms with E-state index in [2.05, 4.69) is 39.2 Å². The van der Waals surface area contributed by atoms with Crippen LogP contribution < -0.4 is 5.32 Å². The van der Waals surface area contributed by atoms with Crippen molar-refractivity contribution in [3.63, 3.8) is 0 Å². The Morgan fingerprint density at radius 2 is 1.76 bits per heavy atom. The van der Waals surface area contributed by atoms with Crippen molar-refractivity contribution in [2.75, 3.05) is 0 Å². The Balaban J connectivity index is 2.44. The van der Waals surface area contributed by atoms with Crippen molar-refractivity contribution < 1.29 is 4.79 Å². The molecule has 1 rings (SSSR count). The van der Waals surface area contributed by atoms with Gasteiger partial charge in [0.2, 0.25) is 5.91 Å². The van der Waals surface area contributed by atoms with Crippen molar-refractivity contribution in [3.8, 4) is 0 Å². The van der Waals surface area contributed by atoms with Gasteiger partial charge in [-0.2, -0.15) is 0 Å². The highest BCUT2D eigenvalue weighted by Gasteiger charge is 2.32. The van der Waals surface area contributed by atoms with Crippen LogP contribution in [-0.2, 0) is 4.79 Å². The van der Waals surface area contributed by atoms with E-state index >= 15 is 0 Å². The summed E-state index contributed by atoms with van der Waals surface area (Å²) in [7, 11) is 0. The molecule has 0 aromatic carbocycles. The molecular weight excluding hydrogens is 210 g/mol. The van der Waals surface area contributed by atoms with E-state index in [1.807, 2.05) is 0 Å². The lowest BCUT2D eigenvalue weighted by Crippen LogP contribution is -2.34. The molecule has 1 fully saturated rings. The van der Waals surface area contributed by atoms with Gasteiger partial charge in [-0.25, -0.2) is 0 Å². The molecule has 0 aromatic rings. The van der Waals surface area contributed by atoms with E-state index in [0.29, 0.717) is 11.1 Å². The average Bonchev–Trinajstić information content (AvgIpc) is 2.27. The number of carbonyl (C=O) groups is 1. The molecule has 0 aromatic heterocycles. The molecule has 0 bridgehead atoms. The zero-order valence-electron chi connectivity index (χ0n) is 11.4. The van der Waals surface area contributed by atoms with Crippen molar-refractivity contribution in [2.45, 2.75) is 46.5 Å². The van der Waals surface area contributed by atoms with Gasteiger partial charge in [-0.1, -0.05) is 33.9 Å². The van der Waals surface area contributed by atoms with Crippen LogP contribution in [0.25, 0.3) is 0 Å². The minimum atomic E-state index is 0.113. The fourth-order valence-corrected chi connectivity index (χ4v) is 2.53. The highest BCUT2D eigenvalue weighted by molar-refractivity contribution is 5.80. The van der Waals surface area contributed by atoms with Crippen LogP contribution in [0, 0.1) is 17.3 Å². The van der Waals surface area contributed by atoms with E-state index in [0.717, 1.165) is 31.6 Å². The Kier molecular flexibility index (Phi) is 4.55. The van der Waals surface area contributed by atoms with Gasteiger partial charge >= 0.3 is 0 Å². The summed E-state index contributed by atoms with van der Waals surface area (Å²) in [5.41, 5.74) is 0.972. The molecular formula is C15H25NO. The summed E-state index contributed by atoms with van der Waals surface area (Å²) in [4.78, 5) is 11.9. The molecule has 0 heterocycles. The Labute approximate surface area is 105 Å². The molecule has 0 radical (unpaired) electrons. The molecule has 1 amide bonds. The number of amides is 1. The number of allylic oxidation sites excluding steroid dienone is 1. The van der Waals surface area contributed by atoms with E-state index in [4.69, 9.17) is 0 Å². The van der Waals surface area contributed by atoms with Gasteiger partial charge in [-0.15, -0.1) is 0 Å². The maximum atomic E-state index is 11.9. The molecule has 1 aliphatic carbocycles. The first-order valence-electron chi connectivity index (χ1n) is 6.46. The topological polar surface area (TPSA) is 29.1 Å². The van der Waals surface area contributed by atoms with Crippen LogP contribution in [0.5, 0.6) is 0 Å². The SMILES string of the molecule is C=CC(=C)NC(=O)C1CCC(C(C)(C)C)CC1. The van der Waals surface area contributed by atoms with Crippen molar-refractivity contribution in [1.82, 2.24) is 5.32 Å². The summed E-state index contributed by atoms with van der Waals surface area (Å²) in [5.74, 6) is 1.02. The van der Waals surface area contributed by atoms with Crippen LogP contribution in [0.4, 0.5) is 0 Å². The Morgan fingerprint density at radius 1 is 1.24 bits per heavy atom. The quantitative estimate of drug-likeness (QED) is 0.743. The van der Waals surface area contributed by atoms with Gasteiger partial charge < -0.3 is 5.32 Å². The van der Waals surface area contributed by atoms with Gasteiger partial charge in [0.1, 0.15) is 0 Å². The standard InChI is InChI=1S/C15H25NO/c1-6-11(2)16-14(17)12-7-9-13(10-8-12)15(3,4)5/h6,12-13H,1-2,7-10H2,3-5H3,(H,16,17). The lowest BCUT2D eigenvalue weighted by atomic mass is 9.69. The summed E-state index contributed by atoms with van der Waals surface area (Å²) in [5, 5.41) is 2.80. The first-order chi connectivity index (χ1) is 7.84. The molecule has 1 aliphatic rings. The summed E-state index contributed by atoms with van der Waals surface area (Å²) in [6.45, 7) is 14.2. The lowest BCUT2D eigenvalue weighted by Gasteiger charge is -2.36. The summed E-state index contributed by atoms with van der Waals surface area (Å²) in [6, 6.07) is 0. The second kappa shape index (κ2) is 5.52. The number of nitrogens with one attached hydrogen (secondary N) is 1. The van der Waals surface area contributed by atoms with Crippen LogP contribution in [0.1, 0.15) is 46.5 Å². The van der Waals surface area contributed by atoms with Crippen molar-refractivity contribution in [3.05, 3.63) is 24.9 Å². The van der Waals surface area contributed by atoms with Gasteiger partial charge in [0.05, 0.1) is 0 Å². The van der Waals surface area contributed by atoms with Gasteiger partial charge in [0, 0.05) is 11.6 Å². The second-order valence-corrected chi connectivity index (χ2v) is 6.13. The molecule has 2 nitrogen and oxygen atoms in total. The van der Waals surface area contributed by atoms with Gasteiger partial charge in [-0.3, -0.25) is 4.79 Å². The molecule has 0 unspecified atom stereocenters. The van der Waals surface area contributed by atoms with Gasteiger partial charge in [0.15, 0.2) is 0 Å². The largest absolute Gasteiger partial charge is 0.326 e. The van der Waals surface area contributed by atoms with E-state index in [1.54, 1.807) is 6.08 Å². The fourth-order valence-electron chi connectivity index (χ4n) is 2.53. The molecule has 0 aliphatic heterocycles. The minimum absolute atomic E-state index is 0.113. The van der Waals surface area contributed by atoms with Crippen molar-refractivity contribution in [1.29, 1.82) is 0 Å². The van der Waals surface area contributed by atoms with Gasteiger partial charge in [0.25, 0.3) is 0 Å². The van der Waals surface area contributed by atoms with E-state index in [1.165, 1.54) is 0 Å². The number of carbonyl (C=O) groups excluding carboxylic acids is 1. The Bertz CT molecular complexity index is 303. The first kappa shape index (κ1) is 14.0. The monoisotopic (exact) mass is 235 g/mol. The van der Waals surface area contributed by atoms with Crippen LogP contribution >= 0.6 is 0 Å². The smallest absolute Gasteiger partial charge is 0.227 e. The first-order valence-corrected chi connectivity index (χ1v) is 6.46. The molecule has 17 heavy (non-hydrogen) atoms. The Morgan fingerprint density at radius 3 is 2.18 bits per heavy atom. The maximum absolute atomic E-state index is 11.9. The normalized spacial score (nSPS) is 25.1. The van der Waals surface area contributed by atoms with Gasteiger partial charge in [-0.05, 0) is 43.1 Å². The Hall–Kier alpha value is -1.05. The fraction of sp³-hybridized carbons (Fsp3) is 0.667. The van der Waals surface area contributed by atoms with Crippen LogP contribution in [0.3, 0.4) is 0 Å². The highest BCUT2D eigenvalue weighted by atomic mass is 16.1. The third kappa shape index (κ3) is 4.03. The third-order valence-electron chi connectivity index (χ3n) is 3.85. The van der Waals surface area contributed by atoms with Crippen molar-refractivity contribution in [2.24, 2.45) is 17.3 Å². The zero-order chi connectivity index (χ0) is 13.1. The third-order valence-corrected chi connectivity index (χ3v) is 3.85. The maximum Gasteiger partial charge on any atom is 0.227 e. The number of hydrogen-bond donors (Lipinski definition) is 1. The lowest BCUT2D eigenvalue weighted by molar-refractivity contribution is -0.125. The summed E-state index contributed by atoms with van der Waals surface area (Å²) >= 11 is 0. The number of hydrogen-bond acceptors (Lipinski definition) is 1. The van der Waals surface area contributed by atoms with Crippen molar-refractivity contribution >= 4 is 5.91 Å². The van der Waals surface area contributed by atoms with E-state index in [-0.39, 0.29) is 11.8 Å². The zero-order valence-corrected chi connectivity index (χ0v) is 11.4. The minimum Gasteiger partial charge on any atom is -0.326 e. The molecule has 0 atom stereocenters. The summed E-state index contributed by atoms with van der Waals surface area (Å²) < 4.78 is 0.